The molecule has 1 fully saturated rings. The summed E-state index contributed by atoms with van der Waals surface area (Å²) in [6.45, 7) is 4.50. The highest BCUT2D eigenvalue weighted by Crippen LogP contribution is 2.36. The summed E-state index contributed by atoms with van der Waals surface area (Å²) in [5.74, 6) is 1.82. The van der Waals surface area contributed by atoms with Gasteiger partial charge in [-0.15, -0.1) is 0 Å². The fourth-order valence-electron chi connectivity index (χ4n) is 3.36. The number of halogens is 1. The lowest BCUT2D eigenvalue weighted by atomic mass is 9.78. The van der Waals surface area contributed by atoms with Crippen LogP contribution in [-0.4, -0.2) is 31.3 Å². The summed E-state index contributed by atoms with van der Waals surface area (Å²) >= 11 is 11.5. The average molecular weight is 426 g/mol. The first kappa shape index (κ1) is 22.3. The van der Waals surface area contributed by atoms with Gasteiger partial charge in [0.1, 0.15) is 0 Å². The van der Waals surface area contributed by atoms with Crippen molar-refractivity contribution in [3.8, 4) is 11.5 Å². The normalized spacial score (nSPS) is 21.8. The van der Waals surface area contributed by atoms with E-state index >= 15 is 0 Å². The topological polar surface area (TPSA) is 71.6 Å². The Kier molecular flexibility index (Phi) is 8.38. The molecule has 0 bridgehead atoms. The van der Waals surface area contributed by atoms with Crippen LogP contribution in [0.5, 0.6) is 11.5 Å². The number of carbonyl (C=O) groups is 1. The van der Waals surface area contributed by atoms with Crippen LogP contribution in [0.15, 0.2) is 18.2 Å². The minimum absolute atomic E-state index is 0.324. The van der Waals surface area contributed by atoms with E-state index in [0.29, 0.717) is 45.1 Å². The van der Waals surface area contributed by atoms with E-state index in [-0.39, 0.29) is 5.91 Å². The monoisotopic (exact) mass is 425 g/mol. The Morgan fingerprint density at radius 3 is 2.64 bits per heavy atom. The van der Waals surface area contributed by atoms with Crippen LogP contribution in [0.1, 0.15) is 38.7 Å². The molecular formula is C20H28ClN3O3S. The molecule has 28 heavy (non-hydrogen) atoms. The van der Waals surface area contributed by atoms with Gasteiger partial charge >= 0.3 is 0 Å². The second-order valence-corrected chi connectivity index (χ2v) is 7.85. The van der Waals surface area contributed by atoms with E-state index in [1.165, 1.54) is 33.1 Å². The highest BCUT2D eigenvalue weighted by Gasteiger charge is 2.27. The van der Waals surface area contributed by atoms with Crippen molar-refractivity contribution in [2.24, 2.45) is 11.8 Å². The summed E-state index contributed by atoms with van der Waals surface area (Å²) in [4.78, 5) is 12.1. The standard InChI is InChI=1S/C20H28ClN3O3S/c1-12-6-5-7-16(13(12)2)22-20(28)24-23-18(25)9-8-14-10-15(21)19(27-4)17(11-14)26-3/h8-13,16H,5-7H2,1-4H3,(H,23,25)(H2,22,24,28)/b9-8+/t12-,13-,16+/m1/s1. The molecule has 3 atom stereocenters. The molecule has 0 aromatic heterocycles. The highest BCUT2D eigenvalue weighted by molar-refractivity contribution is 7.80. The van der Waals surface area contributed by atoms with Crippen LogP contribution < -0.4 is 25.6 Å². The minimum Gasteiger partial charge on any atom is -0.493 e. The van der Waals surface area contributed by atoms with E-state index in [4.69, 9.17) is 33.3 Å². The van der Waals surface area contributed by atoms with Gasteiger partial charge in [-0.25, -0.2) is 0 Å². The second kappa shape index (κ2) is 10.5. The molecule has 0 heterocycles. The van der Waals surface area contributed by atoms with Gasteiger partial charge in [0, 0.05) is 12.1 Å². The molecule has 0 aliphatic heterocycles. The zero-order chi connectivity index (χ0) is 20.7. The molecule has 0 unspecified atom stereocenters. The van der Waals surface area contributed by atoms with Gasteiger partial charge in [0.05, 0.1) is 19.2 Å². The maximum atomic E-state index is 12.1. The summed E-state index contributed by atoms with van der Waals surface area (Å²) in [5, 5.41) is 4.12. The van der Waals surface area contributed by atoms with Crippen LogP contribution >= 0.6 is 23.8 Å². The number of amides is 1. The number of hydrazine groups is 1. The molecule has 154 valence electrons. The van der Waals surface area contributed by atoms with Crippen molar-refractivity contribution in [3.63, 3.8) is 0 Å². The van der Waals surface area contributed by atoms with E-state index < -0.39 is 0 Å². The Morgan fingerprint density at radius 2 is 1.96 bits per heavy atom. The van der Waals surface area contributed by atoms with Crippen molar-refractivity contribution in [3.05, 3.63) is 28.8 Å². The zero-order valence-electron chi connectivity index (χ0n) is 16.7. The number of rotatable bonds is 5. The predicted molar refractivity (Wildman–Crippen MR) is 117 cm³/mol. The van der Waals surface area contributed by atoms with Crippen molar-refractivity contribution in [2.75, 3.05) is 14.2 Å². The lowest BCUT2D eigenvalue weighted by molar-refractivity contribution is -0.116. The molecule has 2 rings (SSSR count). The van der Waals surface area contributed by atoms with Gasteiger partial charge in [0.15, 0.2) is 16.6 Å². The van der Waals surface area contributed by atoms with Crippen molar-refractivity contribution in [1.82, 2.24) is 16.2 Å². The Hall–Kier alpha value is -1.99. The predicted octanol–water partition coefficient (Wildman–Crippen LogP) is 3.69. The first-order valence-corrected chi connectivity index (χ1v) is 10.1. The van der Waals surface area contributed by atoms with Crippen LogP contribution in [0, 0.1) is 11.8 Å². The van der Waals surface area contributed by atoms with Crippen LogP contribution in [0.3, 0.4) is 0 Å². The maximum absolute atomic E-state index is 12.1. The quantitative estimate of drug-likeness (QED) is 0.379. The molecule has 0 spiro atoms. The third-order valence-electron chi connectivity index (χ3n) is 5.21. The summed E-state index contributed by atoms with van der Waals surface area (Å²) in [6, 6.07) is 3.75. The number of ether oxygens (including phenoxy) is 2. The lowest BCUT2D eigenvalue weighted by Gasteiger charge is -2.35. The van der Waals surface area contributed by atoms with Crippen LogP contribution in [0.4, 0.5) is 0 Å². The SMILES string of the molecule is COc1cc(/C=C/C(=O)NNC(=S)N[C@H]2CCC[C@@H](C)[C@H]2C)cc(Cl)c1OC. The van der Waals surface area contributed by atoms with Gasteiger partial charge in [-0.05, 0) is 54.2 Å². The number of methoxy groups -OCH3 is 2. The summed E-state index contributed by atoms with van der Waals surface area (Å²) in [6.07, 6.45) is 6.54. The third kappa shape index (κ3) is 6.01. The van der Waals surface area contributed by atoms with E-state index in [1.54, 1.807) is 18.2 Å². The molecule has 1 aromatic carbocycles. The van der Waals surface area contributed by atoms with Gasteiger partial charge in [-0.2, -0.15) is 0 Å². The van der Waals surface area contributed by atoms with Crippen molar-refractivity contribution >= 4 is 40.9 Å². The summed E-state index contributed by atoms with van der Waals surface area (Å²) in [7, 11) is 3.05. The Balaban J connectivity index is 1.86. The highest BCUT2D eigenvalue weighted by atomic mass is 35.5. The first-order chi connectivity index (χ1) is 13.3. The van der Waals surface area contributed by atoms with E-state index in [1.807, 2.05) is 0 Å². The average Bonchev–Trinajstić information content (AvgIpc) is 2.67. The van der Waals surface area contributed by atoms with E-state index in [2.05, 4.69) is 30.0 Å². The lowest BCUT2D eigenvalue weighted by Crippen LogP contribution is -2.52. The molecule has 0 saturated heterocycles. The maximum Gasteiger partial charge on any atom is 0.262 e. The molecule has 8 heteroatoms. The fraction of sp³-hybridized carbons (Fsp3) is 0.500. The molecule has 6 nitrogen and oxygen atoms in total. The number of benzene rings is 1. The van der Waals surface area contributed by atoms with Gasteiger partial charge in [-0.1, -0.05) is 38.3 Å². The molecule has 1 amide bonds. The number of nitrogens with one attached hydrogen (secondary N) is 3. The van der Waals surface area contributed by atoms with Crippen molar-refractivity contribution in [1.29, 1.82) is 0 Å². The Labute approximate surface area is 177 Å². The van der Waals surface area contributed by atoms with Gasteiger partial charge in [-0.3, -0.25) is 15.6 Å². The van der Waals surface area contributed by atoms with Crippen LogP contribution in [0.2, 0.25) is 5.02 Å². The van der Waals surface area contributed by atoms with Gasteiger partial charge in [0.2, 0.25) is 0 Å². The Bertz CT molecular complexity index is 742. The van der Waals surface area contributed by atoms with E-state index in [9.17, 15) is 4.79 Å². The number of carbonyl (C=O) groups excluding carboxylic acids is 1. The third-order valence-corrected chi connectivity index (χ3v) is 5.71. The molecule has 1 aliphatic rings. The zero-order valence-corrected chi connectivity index (χ0v) is 18.2. The Morgan fingerprint density at radius 1 is 1.21 bits per heavy atom. The fourth-order valence-corrected chi connectivity index (χ4v) is 3.85. The molecule has 0 radical (unpaired) electrons. The number of hydrogen-bond acceptors (Lipinski definition) is 4. The largest absolute Gasteiger partial charge is 0.493 e. The molecule has 1 aliphatic carbocycles. The van der Waals surface area contributed by atoms with Gasteiger partial charge < -0.3 is 14.8 Å². The first-order valence-electron chi connectivity index (χ1n) is 9.31. The number of hydrogen-bond donors (Lipinski definition) is 3. The smallest absolute Gasteiger partial charge is 0.262 e. The summed E-state index contributed by atoms with van der Waals surface area (Å²) < 4.78 is 10.4. The summed E-state index contributed by atoms with van der Waals surface area (Å²) in [5.41, 5.74) is 6.03. The molecule has 1 saturated carbocycles. The van der Waals surface area contributed by atoms with Crippen LogP contribution in [-0.2, 0) is 4.79 Å². The molecule has 1 aromatic rings. The van der Waals surface area contributed by atoms with Gasteiger partial charge in [0.25, 0.3) is 5.91 Å². The second-order valence-electron chi connectivity index (χ2n) is 7.03. The van der Waals surface area contributed by atoms with E-state index in [0.717, 1.165) is 6.42 Å². The molecule has 3 N–H and O–H groups in total. The van der Waals surface area contributed by atoms with Crippen molar-refractivity contribution in [2.45, 2.75) is 39.2 Å². The number of thiocarbonyl (C=S) groups is 1. The van der Waals surface area contributed by atoms with Crippen LogP contribution in [0.25, 0.3) is 6.08 Å². The molecular weight excluding hydrogens is 398 g/mol. The minimum atomic E-state index is -0.333. The van der Waals surface area contributed by atoms with Crippen molar-refractivity contribution < 1.29 is 14.3 Å².